The fourth-order valence-corrected chi connectivity index (χ4v) is 2.92. The summed E-state index contributed by atoms with van der Waals surface area (Å²) in [6, 6.07) is 4.95. The summed E-state index contributed by atoms with van der Waals surface area (Å²) in [4.78, 5) is 23.8. The lowest BCUT2D eigenvalue weighted by Crippen LogP contribution is -2.10. The predicted octanol–water partition coefficient (Wildman–Crippen LogP) is 4.39. The van der Waals surface area contributed by atoms with E-state index in [4.69, 9.17) is 16.3 Å². The Morgan fingerprint density at radius 3 is 2.70 bits per heavy atom. The summed E-state index contributed by atoms with van der Waals surface area (Å²) in [6.07, 6.45) is 5.14. The summed E-state index contributed by atoms with van der Waals surface area (Å²) >= 11 is 6.37. The zero-order valence-electron chi connectivity index (χ0n) is 16.0. The number of aryl methyl sites for hydroxylation is 3. The molecule has 1 aromatic carbocycles. The number of anilines is 1. The van der Waals surface area contributed by atoms with E-state index in [1.807, 2.05) is 13.8 Å². The summed E-state index contributed by atoms with van der Waals surface area (Å²) in [5.74, 6) is -0.707. The lowest BCUT2D eigenvalue weighted by Gasteiger charge is -2.08. The molecule has 6 nitrogen and oxygen atoms in total. The normalized spacial score (nSPS) is 11.0. The summed E-state index contributed by atoms with van der Waals surface area (Å²) in [7, 11) is 1.33. The SMILES string of the molecule is CCCCn1nc(C)c(/C=C/C(=O)Nc2ccc(C(=O)OC)cc2C)c1Cl. The number of ether oxygens (including phenoxy) is 1. The number of esters is 1. The van der Waals surface area contributed by atoms with E-state index < -0.39 is 5.97 Å². The van der Waals surface area contributed by atoms with Gasteiger partial charge >= 0.3 is 5.97 Å². The average Bonchev–Trinajstić information content (AvgIpc) is 2.92. The molecular formula is C20H24ClN3O3. The quantitative estimate of drug-likeness (QED) is 0.563. The third-order valence-electron chi connectivity index (χ3n) is 4.14. The molecule has 7 heteroatoms. The maximum absolute atomic E-state index is 12.3. The molecule has 0 radical (unpaired) electrons. The van der Waals surface area contributed by atoms with Gasteiger partial charge in [0.1, 0.15) is 5.15 Å². The lowest BCUT2D eigenvalue weighted by molar-refractivity contribution is -0.111. The smallest absolute Gasteiger partial charge is 0.337 e. The van der Waals surface area contributed by atoms with Crippen molar-refractivity contribution in [3.63, 3.8) is 0 Å². The van der Waals surface area contributed by atoms with Crippen molar-refractivity contribution >= 4 is 35.2 Å². The van der Waals surface area contributed by atoms with E-state index in [2.05, 4.69) is 17.3 Å². The third-order valence-corrected chi connectivity index (χ3v) is 4.54. The number of nitrogens with one attached hydrogen (secondary N) is 1. The molecule has 0 spiro atoms. The molecule has 0 aliphatic carbocycles. The van der Waals surface area contributed by atoms with E-state index in [9.17, 15) is 9.59 Å². The molecule has 0 bridgehead atoms. The monoisotopic (exact) mass is 389 g/mol. The zero-order chi connectivity index (χ0) is 20.0. The second-order valence-corrected chi connectivity index (χ2v) is 6.57. The van der Waals surface area contributed by atoms with Gasteiger partial charge in [0.05, 0.1) is 18.4 Å². The minimum absolute atomic E-state index is 0.291. The van der Waals surface area contributed by atoms with Gasteiger partial charge in [0.25, 0.3) is 0 Å². The average molecular weight is 390 g/mol. The van der Waals surface area contributed by atoms with Gasteiger partial charge in [-0.15, -0.1) is 0 Å². The Hall–Kier alpha value is -2.60. The number of benzene rings is 1. The van der Waals surface area contributed by atoms with Gasteiger partial charge in [-0.1, -0.05) is 24.9 Å². The van der Waals surface area contributed by atoms with E-state index in [0.29, 0.717) is 16.4 Å². The van der Waals surface area contributed by atoms with Crippen LogP contribution in [0, 0.1) is 13.8 Å². The van der Waals surface area contributed by atoms with Crippen LogP contribution in [0.15, 0.2) is 24.3 Å². The number of hydrogen-bond donors (Lipinski definition) is 1. The highest BCUT2D eigenvalue weighted by molar-refractivity contribution is 6.31. The molecule has 1 aromatic heterocycles. The predicted molar refractivity (Wildman–Crippen MR) is 107 cm³/mol. The van der Waals surface area contributed by atoms with Crippen LogP contribution < -0.4 is 5.32 Å². The minimum Gasteiger partial charge on any atom is -0.465 e. The van der Waals surface area contributed by atoms with Gasteiger partial charge in [-0.2, -0.15) is 5.10 Å². The number of halogens is 1. The lowest BCUT2D eigenvalue weighted by atomic mass is 10.1. The molecule has 0 fully saturated rings. The summed E-state index contributed by atoms with van der Waals surface area (Å²) in [6.45, 7) is 6.53. The molecule has 0 aliphatic heterocycles. The van der Waals surface area contributed by atoms with Crippen LogP contribution in [0.3, 0.4) is 0 Å². The Labute approximate surface area is 164 Å². The molecule has 144 valence electrons. The van der Waals surface area contributed by atoms with Crippen molar-refractivity contribution in [3.8, 4) is 0 Å². The number of methoxy groups -OCH3 is 1. The highest BCUT2D eigenvalue weighted by atomic mass is 35.5. The van der Waals surface area contributed by atoms with Gasteiger partial charge in [-0.05, 0) is 50.1 Å². The van der Waals surface area contributed by atoms with Crippen LogP contribution in [-0.4, -0.2) is 28.8 Å². The van der Waals surface area contributed by atoms with Crippen LogP contribution in [0.5, 0.6) is 0 Å². The van der Waals surface area contributed by atoms with Gasteiger partial charge in [-0.3, -0.25) is 9.48 Å². The largest absolute Gasteiger partial charge is 0.465 e. The molecule has 27 heavy (non-hydrogen) atoms. The summed E-state index contributed by atoms with van der Waals surface area (Å²) in [5.41, 5.74) is 3.34. The van der Waals surface area contributed by atoms with Crippen molar-refractivity contribution in [2.45, 2.75) is 40.2 Å². The molecular weight excluding hydrogens is 366 g/mol. The van der Waals surface area contributed by atoms with Gasteiger partial charge < -0.3 is 10.1 Å². The van der Waals surface area contributed by atoms with Gasteiger partial charge in [0.15, 0.2) is 0 Å². The third kappa shape index (κ3) is 5.20. The molecule has 1 amide bonds. The summed E-state index contributed by atoms with van der Waals surface area (Å²) in [5, 5.41) is 7.74. The maximum Gasteiger partial charge on any atom is 0.337 e. The summed E-state index contributed by atoms with van der Waals surface area (Å²) < 4.78 is 6.45. The van der Waals surface area contributed by atoms with Crippen molar-refractivity contribution in [2.75, 3.05) is 12.4 Å². The van der Waals surface area contributed by atoms with Crippen LogP contribution in [-0.2, 0) is 16.1 Å². The molecule has 2 aromatic rings. The molecule has 0 atom stereocenters. The van der Waals surface area contributed by atoms with Gasteiger partial charge in [0, 0.05) is 23.9 Å². The second-order valence-electron chi connectivity index (χ2n) is 6.21. The minimum atomic E-state index is -0.416. The van der Waals surface area contributed by atoms with Gasteiger partial charge in [0.2, 0.25) is 5.91 Å². The topological polar surface area (TPSA) is 73.2 Å². The van der Waals surface area contributed by atoms with Crippen LogP contribution >= 0.6 is 11.6 Å². The van der Waals surface area contributed by atoms with Crippen molar-refractivity contribution in [3.05, 3.63) is 51.8 Å². The highest BCUT2D eigenvalue weighted by Gasteiger charge is 2.12. The van der Waals surface area contributed by atoms with Crippen molar-refractivity contribution in [2.24, 2.45) is 0 Å². The Morgan fingerprint density at radius 1 is 1.33 bits per heavy atom. The first-order valence-electron chi connectivity index (χ1n) is 8.78. The van der Waals surface area contributed by atoms with Crippen molar-refractivity contribution in [1.29, 1.82) is 0 Å². The molecule has 1 N–H and O–H groups in total. The number of rotatable bonds is 7. The first-order valence-corrected chi connectivity index (χ1v) is 9.16. The Bertz CT molecular complexity index is 872. The molecule has 2 rings (SSSR count). The van der Waals surface area contributed by atoms with Crippen molar-refractivity contribution < 1.29 is 14.3 Å². The fourth-order valence-electron chi connectivity index (χ4n) is 2.59. The first kappa shape index (κ1) is 20.7. The van der Waals surface area contributed by atoms with Crippen LogP contribution in [0.1, 0.15) is 46.9 Å². The number of carbonyl (C=O) groups is 2. The Kier molecular flexibility index (Phi) is 7.19. The molecule has 0 unspecified atom stereocenters. The maximum atomic E-state index is 12.3. The molecule has 0 aliphatic rings. The molecule has 0 saturated heterocycles. The number of aromatic nitrogens is 2. The number of unbranched alkanes of at least 4 members (excludes halogenated alkanes) is 1. The van der Waals surface area contributed by atoms with E-state index >= 15 is 0 Å². The molecule has 1 heterocycles. The van der Waals surface area contributed by atoms with E-state index in [-0.39, 0.29) is 5.91 Å². The second kappa shape index (κ2) is 9.37. The van der Waals surface area contributed by atoms with E-state index in [0.717, 1.165) is 36.2 Å². The first-order chi connectivity index (χ1) is 12.9. The standard InChI is InChI=1S/C20H24ClN3O3/c1-5-6-11-24-19(21)16(14(3)23-24)8-10-18(25)22-17-9-7-15(12-13(17)2)20(26)27-4/h7-10,12H,5-6,11H2,1-4H3,(H,22,25)/b10-8+. The van der Waals surface area contributed by atoms with Crippen LogP contribution in [0.2, 0.25) is 5.15 Å². The fraction of sp³-hybridized carbons (Fsp3) is 0.350. The zero-order valence-corrected chi connectivity index (χ0v) is 16.8. The number of amides is 1. The van der Waals surface area contributed by atoms with Crippen LogP contribution in [0.25, 0.3) is 6.08 Å². The van der Waals surface area contributed by atoms with Crippen molar-refractivity contribution in [1.82, 2.24) is 9.78 Å². The van der Waals surface area contributed by atoms with Crippen LogP contribution in [0.4, 0.5) is 5.69 Å². The van der Waals surface area contributed by atoms with E-state index in [1.165, 1.54) is 13.2 Å². The Morgan fingerprint density at radius 2 is 2.07 bits per heavy atom. The number of hydrogen-bond acceptors (Lipinski definition) is 4. The van der Waals surface area contributed by atoms with Gasteiger partial charge in [-0.25, -0.2) is 4.79 Å². The van der Waals surface area contributed by atoms with E-state index in [1.54, 1.807) is 29.0 Å². The highest BCUT2D eigenvalue weighted by Crippen LogP contribution is 2.22. The number of carbonyl (C=O) groups excluding carboxylic acids is 2. The number of nitrogens with zero attached hydrogens (tertiary/aromatic N) is 2. The molecule has 0 saturated carbocycles. The Balaban J connectivity index is 2.10.